The highest BCUT2D eigenvalue weighted by Crippen LogP contribution is 2.67. The van der Waals surface area contributed by atoms with E-state index < -0.39 is 19.3 Å². The number of rotatable bonds is 6. The molecule has 2 aliphatic rings. The second-order valence-electron chi connectivity index (χ2n) is 9.18. The molecule has 3 nitrogen and oxygen atoms in total. The summed E-state index contributed by atoms with van der Waals surface area (Å²) in [5.41, 5.74) is 1.17. The number of benzene rings is 1. The van der Waals surface area contributed by atoms with Gasteiger partial charge in [-0.15, -0.1) is 0 Å². The molecule has 1 aromatic rings. The minimum atomic E-state index is -1.63. The molecular formula is C20H31NO2SSi. The Morgan fingerprint density at radius 2 is 1.96 bits per heavy atom. The van der Waals surface area contributed by atoms with Crippen molar-refractivity contribution in [3.63, 3.8) is 0 Å². The zero-order valence-corrected chi connectivity index (χ0v) is 17.9. The van der Waals surface area contributed by atoms with E-state index in [9.17, 15) is 4.21 Å². The minimum absolute atomic E-state index is 0.00314. The summed E-state index contributed by atoms with van der Waals surface area (Å²) >= 11 is 0. The first kappa shape index (κ1) is 19.0. The fraction of sp³-hybridized carbons (Fsp3) is 0.650. The van der Waals surface area contributed by atoms with Gasteiger partial charge in [0.2, 0.25) is 0 Å². The summed E-state index contributed by atoms with van der Waals surface area (Å²) in [5, 5.41) is 0. The van der Waals surface area contributed by atoms with E-state index in [1.807, 2.05) is 30.3 Å². The van der Waals surface area contributed by atoms with E-state index in [0.29, 0.717) is 11.7 Å². The molecule has 138 valence electrons. The molecule has 0 aromatic heterocycles. The molecule has 4 unspecified atom stereocenters. The van der Waals surface area contributed by atoms with Crippen LogP contribution in [0.15, 0.2) is 34.7 Å². The van der Waals surface area contributed by atoms with E-state index in [-0.39, 0.29) is 16.9 Å². The molecular weight excluding hydrogens is 346 g/mol. The van der Waals surface area contributed by atoms with Crippen molar-refractivity contribution in [2.45, 2.75) is 58.9 Å². The second kappa shape index (κ2) is 6.75. The molecule has 0 spiro atoms. The van der Waals surface area contributed by atoms with Crippen molar-refractivity contribution in [1.82, 2.24) is 0 Å². The van der Waals surface area contributed by atoms with Crippen LogP contribution in [0.25, 0.3) is 0 Å². The lowest BCUT2D eigenvalue weighted by atomic mass is 9.70. The molecule has 2 aliphatic carbocycles. The van der Waals surface area contributed by atoms with Crippen molar-refractivity contribution in [2.24, 2.45) is 21.1 Å². The van der Waals surface area contributed by atoms with Gasteiger partial charge >= 0.3 is 0 Å². The second-order valence-corrected chi connectivity index (χ2v) is 14.8. The number of hydrogen-bond acceptors (Lipinski definition) is 2. The van der Waals surface area contributed by atoms with Crippen LogP contribution in [0.1, 0.15) is 38.7 Å². The predicted molar refractivity (Wildman–Crippen MR) is 109 cm³/mol. The van der Waals surface area contributed by atoms with Crippen molar-refractivity contribution in [3.8, 4) is 0 Å². The van der Waals surface area contributed by atoms with Crippen LogP contribution in [0.5, 0.6) is 0 Å². The van der Waals surface area contributed by atoms with Gasteiger partial charge in [-0.3, -0.25) is 0 Å². The van der Waals surface area contributed by atoms with Crippen molar-refractivity contribution in [2.75, 3.05) is 5.75 Å². The average molecular weight is 378 g/mol. The zero-order valence-electron chi connectivity index (χ0n) is 16.1. The molecule has 3 rings (SSSR count). The Kier molecular flexibility index (Phi) is 5.12. The summed E-state index contributed by atoms with van der Waals surface area (Å²) in [5.74, 6) is 1.30. The van der Waals surface area contributed by atoms with Crippen LogP contribution >= 0.6 is 0 Å². The molecule has 5 heteroatoms. The van der Waals surface area contributed by atoms with Crippen LogP contribution in [0.2, 0.25) is 19.6 Å². The third kappa shape index (κ3) is 3.69. The maximum absolute atomic E-state index is 12.8. The lowest BCUT2D eigenvalue weighted by Crippen LogP contribution is -2.47. The third-order valence-electron chi connectivity index (χ3n) is 6.35. The first-order valence-electron chi connectivity index (χ1n) is 9.29. The molecule has 0 amide bonds. The van der Waals surface area contributed by atoms with Crippen LogP contribution in [-0.4, -0.2) is 30.6 Å². The van der Waals surface area contributed by atoms with Gasteiger partial charge < -0.3 is 4.43 Å². The summed E-state index contributed by atoms with van der Waals surface area (Å²) in [4.78, 5) is 0. The van der Waals surface area contributed by atoms with Gasteiger partial charge in [-0.1, -0.05) is 44.2 Å². The highest BCUT2D eigenvalue weighted by atomic mass is 32.2. The van der Waals surface area contributed by atoms with E-state index in [1.165, 1.54) is 6.42 Å². The summed E-state index contributed by atoms with van der Waals surface area (Å²) in [6.07, 6.45) is 5.46. The van der Waals surface area contributed by atoms with Gasteiger partial charge in [0.1, 0.15) is 11.0 Å². The van der Waals surface area contributed by atoms with E-state index in [4.69, 9.17) is 4.43 Å². The number of nitrogens with zero attached hydrogens (tertiary/aromatic N) is 1. The highest BCUT2D eigenvalue weighted by molar-refractivity contribution is 7.83. The van der Waals surface area contributed by atoms with Gasteiger partial charge in [-0.05, 0) is 55.8 Å². The highest BCUT2D eigenvalue weighted by Gasteiger charge is 2.65. The van der Waals surface area contributed by atoms with Gasteiger partial charge in [0.15, 0.2) is 8.32 Å². The monoisotopic (exact) mass is 377 g/mol. The molecule has 0 saturated heterocycles. The van der Waals surface area contributed by atoms with Gasteiger partial charge in [-0.2, -0.15) is 4.40 Å². The summed E-state index contributed by atoms with van der Waals surface area (Å²) in [7, 11) is -2.84. The molecule has 2 saturated carbocycles. The summed E-state index contributed by atoms with van der Waals surface area (Å²) in [6.45, 7) is 11.5. The molecule has 25 heavy (non-hydrogen) atoms. The Hall–Kier alpha value is -0.783. The van der Waals surface area contributed by atoms with E-state index in [0.717, 1.165) is 18.4 Å². The Labute approximate surface area is 156 Å². The maximum Gasteiger partial charge on any atom is 0.184 e. The Balaban J connectivity index is 1.79. The maximum atomic E-state index is 12.8. The SMILES string of the molecule is CC1(C)C2CCC1(CS(=O)/N=C/c1ccccc1)C(O[Si](C)(C)C)C2. The predicted octanol–water partition coefficient (Wildman–Crippen LogP) is 4.82. The topological polar surface area (TPSA) is 38.7 Å². The standard InChI is InChI=1S/C20H31NO2SSi/c1-19(2)17-11-12-20(19,18(13-17)23-25(3,4)5)15-24(22)21-14-16-9-7-6-8-10-16/h6-10,14,17-18H,11-13,15H2,1-5H3/b21-14+. The fourth-order valence-electron chi connectivity index (χ4n) is 4.85. The van der Waals surface area contributed by atoms with Crippen molar-refractivity contribution < 1.29 is 8.63 Å². The molecule has 1 aromatic carbocycles. The largest absolute Gasteiger partial charge is 0.414 e. The van der Waals surface area contributed by atoms with E-state index >= 15 is 0 Å². The molecule has 0 radical (unpaired) electrons. The smallest absolute Gasteiger partial charge is 0.184 e. The summed E-state index contributed by atoms with van der Waals surface area (Å²) in [6, 6.07) is 9.90. The van der Waals surface area contributed by atoms with Gasteiger partial charge in [0.05, 0.1) is 11.9 Å². The molecule has 2 bridgehead atoms. The normalized spacial score (nSPS) is 32.4. The third-order valence-corrected chi connectivity index (χ3v) is 8.45. The van der Waals surface area contributed by atoms with Gasteiger partial charge in [0, 0.05) is 11.6 Å². The van der Waals surface area contributed by atoms with Crippen molar-refractivity contribution in [3.05, 3.63) is 35.9 Å². The van der Waals surface area contributed by atoms with Crippen LogP contribution < -0.4 is 0 Å². The lowest BCUT2D eigenvalue weighted by Gasteiger charge is -2.43. The quantitative estimate of drug-likeness (QED) is 0.527. The molecule has 0 aliphatic heterocycles. The summed E-state index contributed by atoms with van der Waals surface area (Å²) < 4.78 is 23.8. The van der Waals surface area contributed by atoms with Crippen molar-refractivity contribution in [1.29, 1.82) is 0 Å². The first-order valence-corrected chi connectivity index (χ1v) is 14.0. The Morgan fingerprint density at radius 3 is 2.56 bits per heavy atom. The Bertz CT molecular complexity index is 668. The van der Waals surface area contributed by atoms with E-state index in [1.54, 1.807) is 6.21 Å². The molecule has 0 N–H and O–H groups in total. The van der Waals surface area contributed by atoms with Crippen LogP contribution in [0, 0.1) is 16.7 Å². The molecule has 2 fully saturated rings. The molecule has 0 heterocycles. The average Bonchev–Trinajstić information content (AvgIpc) is 2.87. The van der Waals surface area contributed by atoms with Crippen LogP contribution in [0.4, 0.5) is 0 Å². The number of hydrogen-bond donors (Lipinski definition) is 0. The lowest BCUT2D eigenvalue weighted by molar-refractivity contribution is 0.0287. The molecule has 4 atom stereocenters. The van der Waals surface area contributed by atoms with E-state index in [2.05, 4.69) is 37.9 Å². The minimum Gasteiger partial charge on any atom is -0.414 e. The van der Waals surface area contributed by atoms with Gasteiger partial charge in [-0.25, -0.2) is 4.21 Å². The zero-order chi connectivity index (χ0) is 18.3. The Morgan fingerprint density at radius 1 is 1.28 bits per heavy atom. The number of fused-ring (bicyclic) bond motifs is 2. The van der Waals surface area contributed by atoms with Crippen LogP contribution in [0.3, 0.4) is 0 Å². The van der Waals surface area contributed by atoms with Crippen LogP contribution in [-0.2, 0) is 15.4 Å². The first-order chi connectivity index (χ1) is 11.6. The van der Waals surface area contributed by atoms with Crippen molar-refractivity contribution >= 4 is 25.5 Å². The fourth-order valence-corrected chi connectivity index (χ4v) is 7.48. The van der Waals surface area contributed by atoms with Gasteiger partial charge in [0.25, 0.3) is 0 Å².